The van der Waals surface area contributed by atoms with E-state index in [1.165, 1.54) is 11.8 Å². The summed E-state index contributed by atoms with van der Waals surface area (Å²) in [6.45, 7) is 3.51. The average Bonchev–Trinajstić information content (AvgIpc) is 2.72. The van der Waals surface area contributed by atoms with Gasteiger partial charge >= 0.3 is 0 Å². The molecule has 1 fully saturated rings. The number of amides is 2. The summed E-state index contributed by atoms with van der Waals surface area (Å²) in [6.07, 6.45) is 0.381. The maximum atomic E-state index is 12.4. The van der Waals surface area contributed by atoms with E-state index in [9.17, 15) is 9.59 Å². The van der Waals surface area contributed by atoms with Crippen LogP contribution < -0.4 is 10.1 Å². The summed E-state index contributed by atoms with van der Waals surface area (Å²) in [7, 11) is 1.63. The van der Waals surface area contributed by atoms with E-state index in [-0.39, 0.29) is 17.1 Å². The van der Waals surface area contributed by atoms with Crippen LogP contribution in [0.15, 0.2) is 29.2 Å². The molecule has 1 saturated heterocycles. The normalized spacial score (nSPS) is 16.9. The second-order valence-electron chi connectivity index (χ2n) is 4.86. The number of ether oxygens (including phenoxy) is 1. The molecule has 0 saturated carbocycles. The highest BCUT2D eigenvalue weighted by Gasteiger charge is 2.23. The van der Waals surface area contributed by atoms with Gasteiger partial charge < -0.3 is 15.0 Å². The van der Waals surface area contributed by atoms with Crippen molar-refractivity contribution in [3.8, 4) is 5.75 Å². The zero-order chi connectivity index (χ0) is 15.2. The smallest absolute Gasteiger partial charge is 0.235 e. The molecular weight excluding hydrogens is 288 g/mol. The highest BCUT2D eigenvalue weighted by molar-refractivity contribution is 8.00. The van der Waals surface area contributed by atoms with Crippen LogP contribution in [-0.4, -0.2) is 48.7 Å². The van der Waals surface area contributed by atoms with Crippen molar-refractivity contribution in [3.63, 3.8) is 0 Å². The molecule has 114 valence electrons. The molecule has 1 aliphatic rings. The number of nitrogens with zero attached hydrogens (tertiary/aromatic N) is 1. The summed E-state index contributed by atoms with van der Waals surface area (Å²) in [4.78, 5) is 26.5. The van der Waals surface area contributed by atoms with Crippen LogP contribution in [0.1, 0.15) is 13.3 Å². The highest BCUT2D eigenvalue weighted by atomic mass is 32.2. The number of carbonyl (C=O) groups is 2. The van der Waals surface area contributed by atoms with Gasteiger partial charge in [0.05, 0.1) is 12.4 Å². The van der Waals surface area contributed by atoms with E-state index in [2.05, 4.69) is 5.32 Å². The van der Waals surface area contributed by atoms with Crippen molar-refractivity contribution in [1.82, 2.24) is 10.2 Å². The standard InChI is InChI=1S/C15H20N2O3S/c1-11(21-13-5-3-12(20-2)4-6-13)15(19)17-9-7-14(18)16-8-10-17/h3-6,11H,7-10H2,1-2H3,(H,16,18)/t11-/m0/s1. The second-order valence-corrected chi connectivity index (χ2v) is 6.28. The Hall–Kier alpha value is -1.69. The minimum atomic E-state index is -0.174. The van der Waals surface area contributed by atoms with Crippen LogP contribution >= 0.6 is 11.8 Å². The summed E-state index contributed by atoms with van der Waals surface area (Å²) in [5.74, 6) is 0.892. The maximum Gasteiger partial charge on any atom is 0.235 e. The van der Waals surface area contributed by atoms with Gasteiger partial charge in [-0.15, -0.1) is 11.8 Å². The van der Waals surface area contributed by atoms with Crippen LogP contribution in [0.5, 0.6) is 5.75 Å². The van der Waals surface area contributed by atoms with Crippen LogP contribution in [0, 0.1) is 0 Å². The predicted octanol–water partition coefficient (Wildman–Crippen LogP) is 1.52. The molecule has 0 aromatic heterocycles. The Labute approximate surface area is 129 Å². The number of methoxy groups -OCH3 is 1. The van der Waals surface area contributed by atoms with Gasteiger partial charge in [-0.25, -0.2) is 0 Å². The van der Waals surface area contributed by atoms with Gasteiger partial charge in [0, 0.05) is 31.0 Å². The molecule has 0 spiro atoms. The first-order valence-corrected chi connectivity index (χ1v) is 7.84. The zero-order valence-corrected chi connectivity index (χ0v) is 13.1. The quantitative estimate of drug-likeness (QED) is 0.857. The molecule has 6 heteroatoms. The SMILES string of the molecule is COc1ccc(S[C@@H](C)C(=O)N2CCNC(=O)CC2)cc1. The monoisotopic (exact) mass is 308 g/mol. The number of thioether (sulfide) groups is 1. The minimum Gasteiger partial charge on any atom is -0.497 e. The summed E-state index contributed by atoms with van der Waals surface area (Å²) in [6, 6.07) is 7.66. The molecular formula is C15H20N2O3S. The molecule has 1 aromatic rings. The van der Waals surface area contributed by atoms with Gasteiger partial charge in [-0.1, -0.05) is 0 Å². The van der Waals surface area contributed by atoms with Crippen LogP contribution in [-0.2, 0) is 9.59 Å². The number of hydrogen-bond acceptors (Lipinski definition) is 4. The zero-order valence-electron chi connectivity index (χ0n) is 12.3. The minimum absolute atomic E-state index is 0.0146. The Morgan fingerprint density at radius 2 is 2.05 bits per heavy atom. The number of carbonyl (C=O) groups excluding carboxylic acids is 2. The lowest BCUT2D eigenvalue weighted by atomic mass is 10.3. The predicted molar refractivity (Wildman–Crippen MR) is 82.5 cm³/mol. The number of rotatable bonds is 4. The van der Waals surface area contributed by atoms with Gasteiger partial charge in [-0.3, -0.25) is 9.59 Å². The summed E-state index contributed by atoms with van der Waals surface area (Å²) in [5.41, 5.74) is 0. The Bertz CT molecular complexity index is 504. The summed E-state index contributed by atoms with van der Waals surface area (Å²) < 4.78 is 5.12. The van der Waals surface area contributed by atoms with E-state index >= 15 is 0 Å². The fraction of sp³-hybridized carbons (Fsp3) is 0.467. The van der Waals surface area contributed by atoms with Gasteiger partial charge in [0.2, 0.25) is 11.8 Å². The lowest BCUT2D eigenvalue weighted by Crippen LogP contribution is -2.38. The fourth-order valence-corrected chi connectivity index (χ4v) is 3.10. The molecule has 0 aliphatic carbocycles. The van der Waals surface area contributed by atoms with Crippen molar-refractivity contribution in [2.75, 3.05) is 26.7 Å². The van der Waals surface area contributed by atoms with Crippen molar-refractivity contribution in [2.24, 2.45) is 0 Å². The molecule has 1 aromatic carbocycles. The molecule has 1 N–H and O–H groups in total. The first kappa shape index (κ1) is 15.7. The highest BCUT2D eigenvalue weighted by Crippen LogP contribution is 2.26. The molecule has 1 aliphatic heterocycles. The fourth-order valence-electron chi connectivity index (χ4n) is 2.15. The third-order valence-electron chi connectivity index (χ3n) is 3.34. The van der Waals surface area contributed by atoms with E-state index in [0.29, 0.717) is 26.1 Å². The van der Waals surface area contributed by atoms with Gasteiger partial charge in [-0.2, -0.15) is 0 Å². The second kappa shape index (κ2) is 7.36. The van der Waals surface area contributed by atoms with Crippen LogP contribution in [0.3, 0.4) is 0 Å². The molecule has 21 heavy (non-hydrogen) atoms. The third-order valence-corrected chi connectivity index (χ3v) is 4.44. The lowest BCUT2D eigenvalue weighted by molar-refractivity contribution is -0.130. The molecule has 1 heterocycles. The lowest BCUT2D eigenvalue weighted by Gasteiger charge is -2.23. The largest absolute Gasteiger partial charge is 0.497 e. The Morgan fingerprint density at radius 3 is 2.71 bits per heavy atom. The molecule has 5 nitrogen and oxygen atoms in total. The number of benzene rings is 1. The van der Waals surface area contributed by atoms with E-state index in [1.54, 1.807) is 12.0 Å². The van der Waals surface area contributed by atoms with Crippen molar-refractivity contribution in [1.29, 1.82) is 0 Å². The summed E-state index contributed by atoms with van der Waals surface area (Å²) in [5, 5.41) is 2.60. The molecule has 1 atom stereocenters. The van der Waals surface area contributed by atoms with Gasteiger partial charge in [0.15, 0.2) is 0 Å². The Balaban J connectivity index is 1.93. The van der Waals surface area contributed by atoms with E-state index < -0.39 is 0 Å². The molecule has 0 radical (unpaired) electrons. The Kier molecular flexibility index (Phi) is 5.50. The molecule has 0 bridgehead atoms. The average molecular weight is 308 g/mol. The van der Waals surface area contributed by atoms with Crippen molar-refractivity contribution in [3.05, 3.63) is 24.3 Å². The number of nitrogens with one attached hydrogen (secondary N) is 1. The summed E-state index contributed by atoms with van der Waals surface area (Å²) >= 11 is 1.52. The van der Waals surface area contributed by atoms with Crippen LogP contribution in [0.4, 0.5) is 0 Å². The van der Waals surface area contributed by atoms with Crippen molar-refractivity contribution < 1.29 is 14.3 Å². The van der Waals surface area contributed by atoms with E-state index in [1.807, 2.05) is 31.2 Å². The number of hydrogen-bond donors (Lipinski definition) is 1. The van der Waals surface area contributed by atoms with Gasteiger partial charge in [0.1, 0.15) is 5.75 Å². The Morgan fingerprint density at radius 1 is 1.33 bits per heavy atom. The van der Waals surface area contributed by atoms with Crippen molar-refractivity contribution >= 4 is 23.6 Å². The molecule has 0 unspecified atom stereocenters. The van der Waals surface area contributed by atoms with E-state index in [0.717, 1.165) is 10.6 Å². The first-order valence-electron chi connectivity index (χ1n) is 6.96. The van der Waals surface area contributed by atoms with Crippen LogP contribution in [0.25, 0.3) is 0 Å². The third kappa shape index (κ3) is 4.39. The molecule has 2 amide bonds. The van der Waals surface area contributed by atoms with Gasteiger partial charge in [-0.05, 0) is 31.2 Å². The molecule has 2 rings (SSSR count). The first-order chi connectivity index (χ1) is 10.1. The van der Waals surface area contributed by atoms with Gasteiger partial charge in [0.25, 0.3) is 0 Å². The van der Waals surface area contributed by atoms with Crippen LogP contribution in [0.2, 0.25) is 0 Å². The van der Waals surface area contributed by atoms with Crippen molar-refractivity contribution in [2.45, 2.75) is 23.5 Å². The topological polar surface area (TPSA) is 58.6 Å². The maximum absolute atomic E-state index is 12.4. The van der Waals surface area contributed by atoms with E-state index in [4.69, 9.17) is 4.74 Å².